The SMILES string of the molecule is CCCCCCCCC(NCCC)c1cc(Cl)sc1Cl. The van der Waals surface area contributed by atoms with Crippen LogP contribution in [-0.2, 0) is 0 Å². The number of rotatable bonds is 11. The van der Waals surface area contributed by atoms with Crippen LogP contribution in [0.5, 0.6) is 0 Å². The second-order valence-corrected chi connectivity index (χ2v) is 7.63. The molecule has 0 fully saturated rings. The second kappa shape index (κ2) is 10.9. The molecule has 1 aromatic rings. The number of halogens is 2. The molecule has 0 aliphatic rings. The normalized spacial score (nSPS) is 12.8. The molecule has 1 N–H and O–H groups in total. The highest BCUT2D eigenvalue weighted by Gasteiger charge is 2.16. The largest absolute Gasteiger partial charge is 0.310 e. The minimum atomic E-state index is 0.359. The summed E-state index contributed by atoms with van der Waals surface area (Å²) in [6.45, 7) is 5.48. The zero-order chi connectivity index (χ0) is 14.8. The minimum absolute atomic E-state index is 0.359. The van der Waals surface area contributed by atoms with E-state index in [2.05, 4.69) is 19.2 Å². The third kappa shape index (κ3) is 6.80. The summed E-state index contributed by atoms with van der Waals surface area (Å²) in [4.78, 5) is 0. The summed E-state index contributed by atoms with van der Waals surface area (Å²) in [5.41, 5.74) is 1.18. The van der Waals surface area contributed by atoms with Crippen molar-refractivity contribution in [3.8, 4) is 0 Å². The molecule has 116 valence electrons. The van der Waals surface area contributed by atoms with Gasteiger partial charge in [-0.25, -0.2) is 0 Å². The van der Waals surface area contributed by atoms with Crippen LogP contribution in [0, 0.1) is 0 Å². The summed E-state index contributed by atoms with van der Waals surface area (Å²) in [6, 6.07) is 2.39. The molecule has 1 aromatic heterocycles. The van der Waals surface area contributed by atoms with Crippen molar-refractivity contribution in [3.63, 3.8) is 0 Å². The third-order valence-corrected chi connectivity index (χ3v) is 5.06. The molecule has 0 bridgehead atoms. The van der Waals surface area contributed by atoms with Crippen LogP contribution in [0.15, 0.2) is 6.07 Å². The molecule has 4 heteroatoms. The fraction of sp³-hybridized carbons (Fsp3) is 0.750. The summed E-state index contributed by atoms with van der Waals surface area (Å²) in [5.74, 6) is 0. The van der Waals surface area contributed by atoms with Crippen molar-refractivity contribution in [2.75, 3.05) is 6.54 Å². The Morgan fingerprint density at radius 2 is 1.75 bits per heavy atom. The molecular weight excluding hydrogens is 309 g/mol. The molecule has 0 aliphatic carbocycles. The van der Waals surface area contributed by atoms with E-state index < -0.39 is 0 Å². The molecule has 0 radical (unpaired) electrons. The van der Waals surface area contributed by atoms with Crippen molar-refractivity contribution in [2.45, 2.75) is 71.3 Å². The zero-order valence-corrected chi connectivity index (χ0v) is 15.0. The fourth-order valence-corrected chi connectivity index (χ4v) is 3.98. The lowest BCUT2D eigenvalue weighted by Gasteiger charge is -2.18. The van der Waals surface area contributed by atoms with E-state index in [0.29, 0.717) is 6.04 Å². The number of nitrogens with one attached hydrogen (secondary N) is 1. The van der Waals surface area contributed by atoms with Gasteiger partial charge in [0.05, 0.1) is 8.67 Å². The predicted octanol–water partition coefficient (Wildman–Crippen LogP) is 6.85. The van der Waals surface area contributed by atoms with Gasteiger partial charge in [-0.3, -0.25) is 0 Å². The summed E-state index contributed by atoms with van der Waals surface area (Å²) in [5, 5.41) is 3.61. The van der Waals surface area contributed by atoms with E-state index in [-0.39, 0.29) is 0 Å². The maximum atomic E-state index is 6.29. The Morgan fingerprint density at radius 1 is 1.05 bits per heavy atom. The maximum Gasteiger partial charge on any atom is 0.0991 e. The first-order chi connectivity index (χ1) is 9.69. The molecule has 0 saturated carbocycles. The van der Waals surface area contributed by atoms with Crippen LogP contribution < -0.4 is 5.32 Å². The topological polar surface area (TPSA) is 12.0 Å². The molecule has 0 aromatic carbocycles. The van der Waals surface area contributed by atoms with Crippen molar-refractivity contribution >= 4 is 34.5 Å². The average molecular weight is 336 g/mol. The lowest BCUT2D eigenvalue weighted by molar-refractivity contribution is 0.467. The molecule has 1 unspecified atom stereocenters. The van der Waals surface area contributed by atoms with Crippen LogP contribution in [0.1, 0.15) is 76.8 Å². The van der Waals surface area contributed by atoms with Gasteiger partial charge in [-0.2, -0.15) is 0 Å². The summed E-state index contributed by atoms with van der Waals surface area (Å²) in [6.07, 6.45) is 10.3. The van der Waals surface area contributed by atoms with Gasteiger partial charge in [-0.1, -0.05) is 75.6 Å². The highest BCUT2D eigenvalue weighted by molar-refractivity contribution is 7.20. The molecule has 1 atom stereocenters. The van der Waals surface area contributed by atoms with Gasteiger partial charge in [-0.05, 0) is 25.5 Å². The van der Waals surface area contributed by atoms with E-state index in [9.17, 15) is 0 Å². The maximum absolute atomic E-state index is 6.29. The van der Waals surface area contributed by atoms with Crippen molar-refractivity contribution in [3.05, 3.63) is 20.3 Å². The van der Waals surface area contributed by atoms with Crippen LogP contribution in [0.4, 0.5) is 0 Å². The number of thiophene rings is 1. The lowest BCUT2D eigenvalue weighted by Crippen LogP contribution is -2.22. The first kappa shape index (κ1) is 18.3. The summed E-state index contributed by atoms with van der Waals surface area (Å²) in [7, 11) is 0. The zero-order valence-electron chi connectivity index (χ0n) is 12.7. The van der Waals surface area contributed by atoms with E-state index in [1.54, 1.807) is 0 Å². The molecule has 0 aliphatic heterocycles. The highest BCUT2D eigenvalue weighted by Crippen LogP contribution is 2.36. The third-order valence-electron chi connectivity index (χ3n) is 3.55. The molecule has 0 saturated heterocycles. The minimum Gasteiger partial charge on any atom is -0.310 e. The molecule has 0 spiro atoms. The van der Waals surface area contributed by atoms with Gasteiger partial charge in [-0.15, -0.1) is 11.3 Å². The van der Waals surface area contributed by atoms with Crippen LogP contribution >= 0.6 is 34.5 Å². The van der Waals surface area contributed by atoms with Crippen molar-refractivity contribution in [2.24, 2.45) is 0 Å². The average Bonchev–Trinajstić information content (AvgIpc) is 2.76. The molecule has 1 nitrogen and oxygen atoms in total. The van der Waals surface area contributed by atoms with Gasteiger partial charge in [0.25, 0.3) is 0 Å². The first-order valence-corrected chi connectivity index (χ1v) is 9.44. The monoisotopic (exact) mass is 335 g/mol. The van der Waals surface area contributed by atoms with Crippen LogP contribution in [0.25, 0.3) is 0 Å². The van der Waals surface area contributed by atoms with E-state index in [4.69, 9.17) is 23.2 Å². The molecule has 0 amide bonds. The van der Waals surface area contributed by atoms with Gasteiger partial charge in [0.15, 0.2) is 0 Å². The Balaban J connectivity index is 2.42. The number of unbranched alkanes of at least 4 members (excludes halogenated alkanes) is 5. The van der Waals surface area contributed by atoms with Crippen molar-refractivity contribution in [1.29, 1.82) is 0 Å². The van der Waals surface area contributed by atoms with Gasteiger partial charge < -0.3 is 5.32 Å². The summed E-state index contributed by atoms with van der Waals surface area (Å²) < 4.78 is 1.63. The van der Waals surface area contributed by atoms with E-state index >= 15 is 0 Å². The van der Waals surface area contributed by atoms with Gasteiger partial charge in [0.2, 0.25) is 0 Å². The lowest BCUT2D eigenvalue weighted by atomic mass is 10.0. The molecule has 1 rings (SSSR count). The van der Waals surface area contributed by atoms with E-state index in [1.165, 1.54) is 55.4 Å². The van der Waals surface area contributed by atoms with Gasteiger partial charge >= 0.3 is 0 Å². The Labute approximate surface area is 138 Å². The van der Waals surface area contributed by atoms with E-state index in [0.717, 1.165) is 28.1 Å². The quantitative estimate of drug-likeness (QED) is 0.436. The number of hydrogen-bond donors (Lipinski definition) is 1. The van der Waals surface area contributed by atoms with Crippen LogP contribution in [0.3, 0.4) is 0 Å². The predicted molar refractivity (Wildman–Crippen MR) is 93.4 cm³/mol. The number of hydrogen-bond acceptors (Lipinski definition) is 2. The smallest absolute Gasteiger partial charge is 0.0991 e. The first-order valence-electron chi connectivity index (χ1n) is 7.87. The second-order valence-electron chi connectivity index (χ2n) is 5.34. The van der Waals surface area contributed by atoms with Crippen LogP contribution in [-0.4, -0.2) is 6.54 Å². The Hall–Kier alpha value is 0.240. The highest BCUT2D eigenvalue weighted by atomic mass is 35.5. The standard InChI is InChI=1S/C16H27Cl2NS/c1-3-5-6-7-8-9-10-14(19-11-4-2)13-12-15(17)20-16(13)18/h12,14,19H,3-11H2,1-2H3. The summed E-state index contributed by atoms with van der Waals surface area (Å²) >= 11 is 13.8. The molecule has 20 heavy (non-hydrogen) atoms. The van der Waals surface area contributed by atoms with Crippen molar-refractivity contribution < 1.29 is 0 Å². The van der Waals surface area contributed by atoms with Gasteiger partial charge in [0, 0.05) is 11.6 Å². The Bertz CT molecular complexity index is 365. The van der Waals surface area contributed by atoms with Gasteiger partial charge in [0.1, 0.15) is 0 Å². The Kier molecular flexibility index (Phi) is 9.96. The molecule has 1 heterocycles. The van der Waals surface area contributed by atoms with Crippen LogP contribution in [0.2, 0.25) is 8.67 Å². The fourth-order valence-electron chi connectivity index (χ4n) is 2.41. The molecular formula is C16H27Cl2NS. The van der Waals surface area contributed by atoms with Crippen molar-refractivity contribution in [1.82, 2.24) is 5.32 Å². The Morgan fingerprint density at radius 3 is 2.35 bits per heavy atom. The van der Waals surface area contributed by atoms with E-state index in [1.807, 2.05) is 6.07 Å².